The number of ether oxygens (including phenoxy) is 1. The Morgan fingerprint density at radius 2 is 1.43 bits per heavy atom. The van der Waals surface area contributed by atoms with E-state index in [-0.39, 0.29) is 5.56 Å². The molecule has 0 aliphatic carbocycles. The van der Waals surface area contributed by atoms with Crippen LogP contribution in [-0.4, -0.2) is 48.0 Å². The van der Waals surface area contributed by atoms with Crippen LogP contribution >= 0.6 is 0 Å². The standard InChI is InChI=1S/C20H26FN3O11/c1-14(16-7-8-17(18(21)9-16)15-5-3-2-4-6-15)19(25)32-10-20(11-33-22(26)27,12-34-23(28)29)13-35-24(30)31/h2-9,14,22-24,26,28,30H,10-13H2,1H3/t14-/m1/s1. The molecule has 0 aliphatic heterocycles. The predicted molar refractivity (Wildman–Crippen MR) is 110 cm³/mol. The molecule has 4 atom stereocenters. The summed E-state index contributed by atoms with van der Waals surface area (Å²) in [6.07, 6.45) is 0. The van der Waals surface area contributed by atoms with Gasteiger partial charge in [0.05, 0.1) is 11.3 Å². The fourth-order valence-electron chi connectivity index (χ4n) is 3.03. The smallest absolute Gasteiger partial charge is 0.313 e. The highest BCUT2D eigenvalue weighted by molar-refractivity contribution is 5.78. The molecule has 0 heterocycles. The fourth-order valence-corrected chi connectivity index (χ4v) is 3.03. The zero-order chi connectivity index (χ0) is 26.0. The summed E-state index contributed by atoms with van der Waals surface area (Å²) in [7, 11) is 0. The lowest BCUT2D eigenvalue weighted by molar-refractivity contribution is -1.21. The highest BCUT2D eigenvalue weighted by Gasteiger charge is 2.39. The second-order valence-corrected chi connectivity index (χ2v) is 7.60. The molecule has 2 aromatic rings. The van der Waals surface area contributed by atoms with E-state index in [4.69, 9.17) is 20.4 Å². The van der Waals surface area contributed by atoms with Gasteiger partial charge in [0.2, 0.25) is 0 Å². The van der Waals surface area contributed by atoms with E-state index in [2.05, 4.69) is 14.5 Å². The molecule has 35 heavy (non-hydrogen) atoms. The van der Waals surface area contributed by atoms with Crippen molar-refractivity contribution in [3.8, 4) is 11.1 Å². The first-order chi connectivity index (χ1) is 16.5. The summed E-state index contributed by atoms with van der Waals surface area (Å²) < 4.78 is 19.9. The number of halogens is 1. The lowest BCUT2D eigenvalue weighted by Crippen LogP contribution is -3.05. The van der Waals surface area contributed by atoms with Gasteiger partial charge in [-0.25, -0.2) is 4.39 Å². The Labute approximate surface area is 198 Å². The highest BCUT2D eigenvalue weighted by Crippen LogP contribution is 2.27. The maximum atomic E-state index is 14.7. The van der Waals surface area contributed by atoms with E-state index in [1.807, 2.05) is 0 Å². The molecule has 14 nitrogen and oxygen atoms in total. The van der Waals surface area contributed by atoms with Crippen LogP contribution in [0.4, 0.5) is 4.39 Å². The first kappa shape index (κ1) is 28.6. The molecule has 0 saturated heterocycles. The SMILES string of the molecule is C[C@@H](C(=O)OCC(CO[NH+]([O-])O)(CO[NH+]([O-])O)CO[NH+]([O-])O)c1ccc(-c2ccccc2)c(F)c1. The van der Waals surface area contributed by atoms with Crippen LogP contribution in [0.15, 0.2) is 48.5 Å². The minimum Gasteiger partial charge on any atom is -0.566 e. The molecule has 15 heteroatoms. The van der Waals surface area contributed by atoms with Crippen LogP contribution in [0.1, 0.15) is 18.4 Å². The third-order valence-corrected chi connectivity index (χ3v) is 4.96. The number of benzene rings is 2. The zero-order valence-corrected chi connectivity index (χ0v) is 18.5. The van der Waals surface area contributed by atoms with Crippen molar-refractivity contribution in [2.24, 2.45) is 5.41 Å². The van der Waals surface area contributed by atoms with Gasteiger partial charge in [0, 0.05) is 5.56 Å². The van der Waals surface area contributed by atoms with Gasteiger partial charge in [0.25, 0.3) is 0 Å². The summed E-state index contributed by atoms with van der Waals surface area (Å²) in [5, 5.41) is 53.7. The lowest BCUT2D eigenvalue weighted by atomic mass is 9.92. The van der Waals surface area contributed by atoms with Crippen molar-refractivity contribution in [1.29, 1.82) is 0 Å². The summed E-state index contributed by atoms with van der Waals surface area (Å²) >= 11 is 0. The number of quaternary nitrogens is 3. The van der Waals surface area contributed by atoms with E-state index in [1.165, 1.54) is 19.1 Å². The largest absolute Gasteiger partial charge is 0.566 e. The van der Waals surface area contributed by atoms with Crippen molar-refractivity contribution < 1.29 is 60.2 Å². The second-order valence-electron chi connectivity index (χ2n) is 7.60. The van der Waals surface area contributed by atoms with E-state index >= 15 is 0 Å². The maximum Gasteiger partial charge on any atom is 0.313 e. The molecule has 0 amide bonds. The molecule has 0 bridgehead atoms. The normalized spacial score (nSPS) is 16.7. The average molecular weight is 503 g/mol. The fraction of sp³-hybridized carbons (Fsp3) is 0.350. The summed E-state index contributed by atoms with van der Waals surface area (Å²) in [5.74, 6) is -2.42. The van der Waals surface area contributed by atoms with Gasteiger partial charge in [-0.15, -0.1) is 0 Å². The monoisotopic (exact) mass is 503 g/mol. The van der Waals surface area contributed by atoms with Crippen LogP contribution in [0.25, 0.3) is 11.1 Å². The molecule has 194 valence electrons. The predicted octanol–water partition coefficient (Wildman–Crippen LogP) is -1.76. The van der Waals surface area contributed by atoms with Crippen molar-refractivity contribution in [2.45, 2.75) is 12.8 Å². The van der Waals surface area contributed by atoms with Gasteiger partial charge in [-0.1, -0.05) is 58.6 Å². The summed E-state index contributed by atoms with van der Waals surface area (Å²) in [6, 6.07) is 13.0. The highest BCUT2D eigenvalue weighted by atomic mass is 19.1. The van der Waals surface area contributed by atoms with Crippen LogP contribution in [0.2, 0.25) is 0 Å². The molecular formula is C20H26FN3O11. The Morgan fingerprint density at radius 1 is 0.914 bits per heavy atom. The van der Waals surface area contributed by atoms with Crippen molar-refractivity contribution in [3.05, 3.63) is 75.5 Å². The van der Waals surface area contributed by atoms with Crippen LogP contribution in [-0.2, 0) is 24.0 Å². The first-order valence-electron chi connectivity index (χ1n) is 10.1. The zero-order valence-electron chi connectivity index (χ0n) is 18.5. The third kappa shape index (κ3) is 9.15. The summed E-state index contributed by atoms with van der Waals surface area (Å²) in [4.78, 5) is 26.0. The molecule has 3 unspecified atom stereocenters. The van der Waals surface area contributed by atoms with Gasteiger partial charge in [-0.05, 0) is 24.1 Å². The number of hydrogen-bond acceptors (Lipinski definition) is 11. The van der Waals surface area contributed by atoms with Crippen LogP contribution < -0.4 is 16.2 Å². The van der Waals surface area contributed by atoms with E-state index in [1.54, 1.807) is 36.4 Å². The lowest BCUT2D eigenvalue weighted by Gasteiger charge is -2.31. The van der Waals surface area contributed by atoms with E-state index < -0.39 is 65.7 Å². The summed E-state index contributed by atoms with van der Waals surface area (Å²) in [6.45, 7) is -1.67. The minimum absolute atomic E-state index is 0.281. The van der Waals surface area contributed by atoms with Gasteiger partial charge < -0.3 is 20.4 Å². The number of hydrogen-bond donors (Lipinski definition) is 6. The van der Waals surface area contributed by atoms with Gasteiger partial charge in [0.1, 0.15) is 32.2 Å². The average Bonchev–Trinajstić information content (AvgIpc) is 2.82. The van der Waals surface area contributed by atoms with Crippen molar-refractivity contribution in [2.75, 3.05) is 26.4 Å². The molecule has 0 saturated carbocycles. The van der Waals surface area contributed by atoms with Crippen LogP contribution in [0.3, 0.4) is 0 Å². The van der Waals surface area contributed by atoms with Gasteiger partial charge >= 0.3 is 5.97 Å². The molecular weight excluding hydrogens is 477 g/mol. The summed E-state index contributed by atoms with van der Waals surface area (Å²) in [5.41, 5.74) is -0.543. The number of rotatable bonds is 14. The Bertz CT molecular complexity index is 903. The second kappa shape index (κ2) is 13.4. The maximum absolute atomic E-state index is 14.7. The van der Waals surface area contributed by atoms with E-state index in [0.29, 0.717) is 11.1 Å². The molecule has 0 fully saturated rings. The Morgan fingerprint density at radius 3 is 1.89 bits per heavy atom. The van der Waals surface area contributed by atoms with Gasteiger partial charge in [-0.3, -0.25) is 4.79 Å². The molecule has 0 aromatic heterocycles. The van der Waals surface area contributed by atoms with Crippen LogP contribution in [0.5, 0.6) is 0 Å². The van der Waals surface area contributed by atoms with E-state index in [9.17, 15) is 24.8 Å². The first-order valence-corrected chi connectivity index (χ1v) is 10.1. The molecule has 0 radical (unpaired) electrons. The molecule has 6 N–H and O–H groups in total. The van der Waals surface area contributed by atoms with Gasteiger partial charge in [0.15, 0.2) is 0 Å². The molecule has 2 aromatic carbocycles. The van der Waals surface area contributed by atoms with Crippen molar-refractivity contribution in [3.63, 3.8) is 0 Å². The minimum atomic E-state index is -1.80. The quantitative estimate of drug-likeness (QED) is 0.126. The van der Waals surface area contributed by atoms with Crippen molar-refractivity contribution in [1.82, 2.24) is 0 Å². The van der Waals surface area contributed by atoms with Crippen molar-refractivity contribution >= 4 is 5.97 Å². The third-order valence-electron chi connectivity index (χ3n) is 4.96. The van der Waals surface area contributed by atoms with Crippen LogP contribution in [0, 0.1) is 26.9 Å². The number of carbonyl (C=O) groups excluding carboxylic acids is 1. The number of carbonyl (C=O) groups is 1. The van der Waals surface area contributed by atoms with Gasteiger partial charge in [-0.2, -0.15) is 30.1 Å². The molecule has 0 aliphatic rings. The number of esters is 1. The molecule has 0 spiro atoms. The number of nitrogens with one attached hydrogen (secondary N) is 3. The van der Waals surface area contributed by atoms with E-state index in [0.717, 1.165) is 0 Å². The Kier molecular flexibility index (Phi) is 11.0. The Balaban J connectivity index is 2.16. The molecule has 2 rings (SSSR count). The topological polar surface area (TPSA) is 197 Å². The Hall–Kier alpha value is -2.64.